The summed E-state index contributed by atoms with van der Waals surface area (Å²) in [6.45, 7) is 3.90. The van der Waals surface area contributed by atoms with E-state index >= 15 is 0 Å². The van der Waals surface area contributed by atoms with Gasteiger partial charge in [0.2, 0.25) is 11.8 Å². The molecule has 1 aromatic heterocycles. The zero-order chi connectivity index (χ0) is 17.4. The SMILES string of the molecule is CC(C)N(C)C(=O)C1CC(=O)c2sc(NC(=O)C3CCC3)nc2C1. The second-order valence-corrected chi connectivity index (χ2v) is 7.98. The molecule has 2 aliphatic rings. The number of anilines is 1. The summed E-state index contributed by atoms with van der Waals surface area (Å²) in [4.78, 5) is 43.6. The molecular formula is C17H23N3O3S. The number of fused-ring (bicyclic) bond motifs is 1. The zero-order valence-corrected chi connectivity index (χ0v) is 15.1. The van der Waals surface area contributed by atoms with Gasteiger partial charge < -0.3 is 10.2 Å². The van der Waals surface area contributed by atoms with Crippen LogP contribution in [-0.2, 0) is 16.0 Å². The number of ketones is 1. The van der Waals surface area contributed by atoms with Crippen LogP contribution in [0.4, 0.5) is 5.13 Å². The van der Waals surface area contributed by atoms with Crippen molar-refractivity contribution in [2.24, 2.45) is 11.8 Å². The Balaban J connectivity index is 1.72. The van der Waals surface area contributed by atoms with Gasteiger partial charge in [0.1, 0.15) is 0 Å². The molecule has 1 heterocycles. The first-order chi connectivity index (χ1) is 11.4. The van der Waals surface area contributed by atoms with E-state index in [0.29, 0.717) is 22.1 Å². The minimum atomic E-state index is -0.352. The maximum atomic E-state index is 12.5. The van der Waals surface area contributed by atoms with E-state index in [2.05, 4.69) is 10.3 Å². The van der Waals surface area contributed by atoms with Crippen LogP contribution in [0, 0.1) is 11.8 Å². The first-order valence-corrected chi connectivity index (χ1v) is 9.29. The molecule has 2 amide bonds. The summed E-state index contributed by atoms with van der Waals surface area (Å²) in [7, 11) is 1.76. The lowest BCUT2D eigenvalue weighted by Crippen LogP contribution is -2.40. The van der Waals surface area contributed by atoms with E-state index in [9.17, 15) is 14.4 Å². The molecule has 0 aliphatic heterocycles. The van der Waals surface area contributed by atoms with Crippen LogP contribution in [0.3, 0.4) is 0 Å². The number of aromatic nitrogens is 1. The number of hydrogen-bond acceptors (Lipinski definition) is 5. The van der Waals surface area contributed by atoms with Gasteiger partial charge in [0.15, 0.2) is 10.9 Å². The lowest BCUT2D eigenvalue weighted by Gasteiger charge is -2.28. The predicted molar refractivity (Wildman–Crippen MR) is 92.1 cm³/mol. The number of rotatable bonds is 4. The van der Waals surface area contributed by atoms with Gasteiger partial charge in [0.25, 0.3) is 0 Å². The topological polar surface area (TPSA) is 79.4 Å². The third-order valence-corrected chi connectivity index (χ3v) is 6.05. The Bertz CT molecular complexity index is 679. The fourth-order valence-corrected chi connectivity index (χ4v) is 3.92. The van der Waals surface area contributed by atoms with Crippen molar-refractivity contribution in [3.8, 4) is 0 Å². The van der Waals surface area contributed by atoms with Crippen LogP contribution in [-0.4, -0.2) is 40.6 Å². The first kappa shape index (κ1) is 17.1. The molecule has 2 aliphatic carbocycles. The molecule has 7 heteroatoms. The molecule has 0 saturated heterocycles. The number of nitrogens with zero attached hydrogens (tertiary/aromatic N) is 2. The molecule has 1 N–H and O–H groups in total. The van der Waals surface area contributed by atoms with Gasteiger partial charge in [-0.25, -0.2) is 4.98 Å². The number of thiazole rings is 1. The van der Waals surface area contributed by atoms with Gasteiger partial charge in [-0.2, -0.15) is 0 Å². The van der Waals surface area contributed by atoms with Gasteiger partial charge in [0, 0.05) is 31.8 Å². The van der Waals surface area contributed by atoms with Crippen molar-refractivity contribution in [3.63, 3.8) is 0 Å². The van der Waals surface area contributed by atoms with Crippen LogP contribution in [0.5, 0.6) is 0 Å². The van der Waals surface area contributed by atoms with Crippen LogP contribution in [0.2, 0.25) is 0 Å². The lowest BCUT2D eigenvalue weighted by molar-refractivity contribution is -0.135. The van der Waals surface area contributed by atoms with Crippen molar-refractivity contribution in [2.45, 2.75) is 52.0 Å². The van der Waals surface area contributed by atoms with Gasteiger partial charge >= 0.3 is 0 Å². The van der Waals surface area contributed by atoms with Crippen molar-refractivity contribution in [1.82, 2.24) is 9.88 Å². The average Bonchev–Trinajstić information content (AvgIpc) is 2.86. The van der Waals surface area contributed by atoms with Gasteiger partial charge in [-0.1, -0.05) is 17.8 Å². The molecule has 0 spiro atoms. The highest BCUT2D eigenvalue weighted by Crippen LogP contribution is 2.34. The molecule has 1 saturated carbocycles. The summed E-state index contributed by atoms with van der Waals surface area (Å²) in [5.74, 6) is -0.345. The van der Waals surface area contributed by atoms with Gasteiger partial charge in [-0.15, -0.1) is 0 Å². The van der Waals surface area contributed by atoms with Crippen LogP contribution >= 0.6 is 11.3 Å². The molecule has 0 radical (unpaired) electrons. The van der Waals surface area contributed by atoms with E-state index in [4.69, 9.17) is 0 Å². The number of Topliss-reactive ketones (excluding diaryl/α,β-unsaturated/α-hetero) is 1. The summed E-state index contributed by atoms with van der Waals surface area (Å²) >= 11 is 1.23. The maximum absolute atomic E-state index is 12.5. The highest BCUT2D eigenvalue weighted by Gasteiger charge is 2.35. The molecule has 1 atom stereocenters. The third-order valence-electron chi connectivity index (χ3n) is 5.00. The van der Waals surface area contributed by atoms with Crippen molar-refractivity contribution < 1.29 is 14.4 Å². The van der Waals surface area contributed by atoms with E-state index in [1.165, 1.54) is 11.3 Å². The van der Waals surface area contributed by atoms with E-state index in [-0.39, 0.29) is 41.9 Å². The largest absolute Gasteiger partial charge is 0.343 e. The number of carbonyl (C=O) groups is 3. The fourth-order valence-electron chi connectivity index (χ4n) is 2.98. The normalized spacial score (nSPS) is 20.5. The quantitative estimate of drug-likeness (QED) is 0.906. The Morgan fingerprint density at radius 1 is 1.25 bits per heavy atom. The van der Waals surface area contributed by atoms with Gasteiger partial charge in [0.05, 0.1) is 16.5 Å². The molecular weight excluding hydrogens is 326 g/mol. The highest BCUT2D eigenvalue weighted by molar-refractivity contribution is 7.17. The molecule has 0 bridgehead atoms. The second kappa shape index (κ2) is 6.63. The smallest absolute Gasteiger partial charge is 0.229 e. The Hall–Kier alpha value is -1.76. The van der Waals surface area contributed by atoms with E-state index in [1.807, 2.05) is 13.8 Å². The maximum Gasteiger partial charge on any atom is 0.229 e. The minimum absolute atomic E-state index is 0.00744. The third kappa shape index (κ3) is 3.22. The number of nitrogens with one attached hydrogen (secondary N) is 1. The number of carbonyl (C=O) groups excluding carboxylic acids is 3. The molecule has 1 aromatic rings. The molecule has 130 valence electrons. The Morgan fingerprint density at radius 2 is 1.96 bits per heavy atom. The summed E-state index contributed by atoms with van der Waals surface area (Å²) in [6, 6.07) is 0.0989. The van der Waals surface area contributed by atoms with E-state index in [0.717, 1.165) is 19.3 Å². The Morgan fingerprint density at radius 3 is 2.54 bits per heavy atom. The predicted octanol–water partition coefficient (Wildman–Crippen LogP) is 2.49. The van der Waals surface area contributed by atoms with Crippen molar-refractivity contribution in [3.05, 3.63) is 10.6 Å². The molecule has 3 rings (SSSR count). The van der Waals surface area contributed by atoms with Crippen LogP contribution in [0.15, 0.2) is 0 Å². The van der Waals surface area contributed by atoms with Crippen LogP contribution < -0.4 is 5.32 Å². The van der Waals surface area contributed by atoms with Crippen molar-refractivity contribution in [1.29, 1.82) is 0 Å². The number of amides is 2. The minimum Gasteiger partial charge on any atom is -0.343 e. The summed E-state index contributed by atoms with van der Waals surface area (Å²) in [5.41, 5.74) is 0.649. The van der Waals surface area contributed by atoms with Crippen LogP contribution in [0.1, 0.15) is 54.9 Å². The van der Waals surface area contributed by atoms with E-state index < -0.39 is 0 Å². The van der Waals surface area contributed by atoms with Crippen molar-refractivity contribution in [2.75, 3.05) is 12.4 Å². The monoisotopic (exact) mass is 349 g/mol. The second-order valence-electron chi connectivity index (χ2n) is 6.98. The highest BCUT2D eigenvalue weighted by atomic mass is 32.1. The van der Waals surface area contributed by atoms with Gasteiger partial charge in [-0.3, -0.25) is 14.4 Å². The zero-order valence-electron chi connectivity index (χ0n) is 14.3. The average molecular weight is 349 g/mol. The Labute approximate surface area is 145 Å². The molecule has 1 fully saturated rings. The number of hydrogen-bond donors (Lipinski definition) is 1. The molecule has 0 aromatic carbocycles. The molecule has 1 unspecified atom stereocenters. The first-order valence-electron chi connectivity index (χ1n) is 8.47. The fraction of sp³-hybridized carbons (Fsp3) is 0.647. The summed E-state index contributed by atoms with van der Waals surface area (Å²) in [6.07, 6.45) is 3.63. The summed E-state index contributed by atoms with van der Waals surface area (Å²) < 4.78 is 0. The van der Waals surface area contributed by atoms with Gasteiger partial charge in [-0.05, 0) is 26.7 Å². The molecule has 6 nitrogen and oxygen atoms in total. The standard InChI is InChI=1S/C17H23N3O3S/c1-9(2)20(3)16(23)11-7-12-14(13(21)8-11)24-17(18-12)19-15(22)10-5-4-6-10/h9-11H,4-8H2,1-3H3,(H,18,19,22). The lowest BCUT2D eigenvalue weighted by atomic mass is 9.85. The Kier molecular flexibility index (Phi) is 4.71. The van der Waals surface area contributed by atoms with E-state index in [1.54, 1.807) is 11.9 Å². The molecule has 24 heavy (non-hydrogen) atoms. The van der Waals surface area contributed by atoms with Crippen molar-refractivity contribution >= 4 is 34.1 Å². The van der Waals surface area contributed by atoms with Crippen LogP contribution in [0.25, 0.3) is 0 Å². The summed E-state index contributed by atoms with van der Waals surface area (Å²) in [5, 5.41) is 3.31.